The minimum atomic E-state index is -0.143. The van der Waals surface area contributed by atoms with E-state index < -0.39 is 0 Å². The first-order chi connectivity index (χ1) is 9.57. The van der Waals surface area contributed by atoms with Crippen molar-refractivity contribution in [2.75, 3.05) is 24.6 Å². The topological polar surface area (TPSA) is 42.4 Å². The SMILES string of the molecule is CC1(C)CN(c2ccc3cc(C=O)ccc3n2)CCO1. The molecule has 0 N–H and O–H groups in total. The van der Waals surface area contributed by atoms with Crippen molar-refractivity contribution in [2.45, 2.75) is 19.4 Å². The predicted molar refractivity (Wildman–Crippen MR) is 79.4 cm³/mol. The number of morpholine rings is 1. The molecule has 1 aromatic carbocycles. The van der Waals surface area contributed by atoms with Gasteiger partial charge in [-0.2, -0.15) is 0 Å². The Morgan fingerprint density at radius 3 is 2.90 bits per heavy atom. The molecule has 0 amide bonds. The molecule has 0 bridgehead atoms. The predicted octanol–water partition coefficient (Wildman–Crippen LogP) is 2.66. The number of aromatic nitrogens is 1. The van der Waals surface area contributed by atoms with Gasteiger partial charge < -0.3 is 9.64 Å². The van der Waals surface area contributed by atoms with Crippen LogP contribution in [0.4, 0.5) is 5.82 Å². The Morgan fingerprint density at radius 2 is 2.15 bits per heavy atom. The highest BCUT2D eigenvalue weighted by Gasteiger charge is 2.27. The van der Waals surface area contributed by atoms with Gasteiger partial charge >= 0.3 is 0 Å². The van der Waals surface area contributed by atoms with Gasteiger partial charge in [0.2, 0.25) is 0 Å². The molecular formula is C16H18N2O2. The average molecular weight is 270 g/mol. The molecule has 0 unspecified atom stereocenters. The van der Waals surface area contributed by atoms with Gasteiger partial charge in [0, 0.05) is 24.0 Å². The fourth-order valence-corrected chi connectivity index (χ4v) is 2.59. The highest BCUT2D eigenvalue weighted by Crippen LogP contribution is 2.24. The number of anilines is 1. The summed E-state index contributed by atoms with van der Waals surface area (Å²) in [5.41, 5.74) is 1.45. The molecule has 0 radical (unpaired) electrons. The van der Waals surface area contributed by atoms with Crippen LogP contribution in [-0.4, -0.2) is 36.6 Å². The smallest absolute Gasteiger partial charge is 0.150 e. The summed E-state index contributed by atoms with van der Waals surface area (Å²) in [6.07, 6.45) is 0.859. The van der Waals surface area contributed by atoms with Crippen LogP contribution in [0, 0.1) is 0 Å². The van der Waals surface area contributed by atoms with E-state index >= 15 is 0 Å². The summed E-state index contributed by atoms with van der Waals surface area (Å²) in [6, 6.07) is 9.59. The number of hydrogen-bond donors (Lipinski definition) is 0. The Bertz CT molecular complexity index is 652. The molecule has 4 heteroatoms. The number of fused-ring (bicyclic) bond motifs is 1. The average Bonchev–Trinajstić information content (AvgIpc) is 2.45. The van der Waals surface area contributed by atoms with Crippen LogP contribution in [0.15, 0.2) is 30.3 Å². The first-order valence-corrected chi connectivity index (χ1v) is 6.82. The number of carbonyl (C=O) groups is 1. The van der Waals surface area contributed by atoms with Crippen LogP contribution in [0.1, 0.15) is 24.2 Å². The van der Waals surface area contributed by atoms with E-state index in [1.807, 2.05) is 24.3 Å². The van der Waals surface area contributed by atoms with E-state index in [1.165, 1.54) is 0 Å². The summed E-state index contributed by atoms with van der Waals surface area (Å²) in [4.78, 5) is 17.7. The second-order valence-electron chi connectivity index (χ2n) is 5.77. The zero-order chi connectivity index (χ0) is 14.2. The second-order valence-corrected chi connectivity index (χ2v) is 5.77. The van der Waals surface area contributed by atoms with E-state index in [0.717, 1.165) is 42.7 Å². The molecule has 104 valence electrons. The molecule has 1 fully saturated rings. The van der Waals surface area contributed by atoms with Gasteiger partial charge in [0.05, 0.1) is 17.7 Å². The summed E-state index contributed by atoms with van der Waals surface area (Å²) in [5, 5.41) is 0.992. The largest absolute Gasteiger partial charge is 0.372 e. The number of carbonyl (C=O) groups excluding carboxylic acids is 1. The lowest BCUT2D eigenvalue weighted by atomic mass is 10.1. The first kappa shape index (κ1) is 13.1. The fourth-order valence-electron chi connectivity index (χ4n) is 2.59. The summed E-state index contributed by atoms with van der Waals surface area (Å²) in [7, 11) is 0. The highest BCUT2D eigenvalue weighted by molar-refractivity contribution is 5.87. The lowest BCUT2D eigenvalue weighted by molar-refractivity contribution is -0.0278. The molecule has 0 saturated carbocycles. The maximum absolute atomic E-state index is 10.8. The number of rotatable bonds is 2. The van der Waals surface area contributed by atoms with Gasteiger partial charge in [-0.15, -0.1) is 0 Å². The van der Waals surface area contributed by atoms with E-state index in [4.69, 9.17) is 9.72 Å². The number of aldehydes is 1. The molecule has 1 aliphatic heterocycles. The van der Waals surface area contributed by atoms with E-state index in [2.05, 4.69) is 18.7 Å². The molecule has 20 heavy (non-hydrogen) atoms. The summed E-state index contributed by atoms with van der Waals surface area (Å²) < 4.78 is 5.73. The maximum atomic E-state index is 10.8. The van der Waals surface area contributed by atoms with Gasteiger partial charge in [0.1, 0.15) is 12.1 Å². The van der Waals surface area contributed by atoms with Crippen LogP contribution >= 0.6 is 0 Å². The molecule has 1 aromatic heterocycles. The Labute approximate surface area is 118 Å². The summed E-state index contributed by atoms with van der Waals surface area (Å²) in [5.74, 6) is 0.965. The number of ether oxygens (including phenoxy) is 1. The quantitative estimate of drug-likeness (QED) is 0.787. The molecule has 0 atom stereocenters. The van der Waals surface area contributed by atoms with Crippen LogP contribution in [0.5, 0.6) is 0 Å². The summed E-state index contributed by atoms with van der Waals surface area (Å²) in [6.45, 7) is 6.59. The lowest BCUT2D eigenvalue weighted by Gasteiger charge is -2.38. The Kier molecular flexibility index (Phi) is 3.18. The Balaban J connectivity index is 1.94. The number of nitrogens with zero attached hydrogens (tertiary/aromatic N) is 2. The highest BCUT2D eigenvalue weighted by atomic mass is 16.5. The third-order valence-corrected chi connectivity index (χ3v) is 3.58. The molecule has 2 aromatic rings. The van der Waals surface area contributed by atoms with Crippen LogP contribution < -0.4 is 4.90 Å². The van der Waals surface area contributed by atoms with Crippen molar-refractivity contribution in [3.63, 3.8) is 0 Å². The third kappa shape index (κ3) is 2.51. The minimum Gasteiger partial charge on any atom is -0.372 e. The van der Waals surface area contributed by atoms with Crippen LogP contribution in [0.3, 0.4) is 0 Å². The van der Waals surface area contributed by atoms with E-state index in [0.29, 0.717) is 5.56 Å². The second kappa shape index (κ2) is 4.87. The first-order valence-electron chi connectivity index (χ1n) is 6.82. The molecule has 3 rings (SSSR count). The molecule has 1 saturated heterocycles. The van der Waals surface area contributed by atoms with Crippen molar-refractivity contribution in [1.29, 1.82) is 0 Å². The van der Waals surface area contributed by atoms with Crippen molar-refractivity contribution in [3.8, 4) is 0 Å². The van der Waals surface area contributed by atoms with E-state index in [-0.39, 0.29) is 5.60 Å². The monoisotopic (exact) mass is 270 g/mol. The normalized spacial score (nSPS) is 18.2. The number of hydrogen-bond acceptors (Lipinski definition) is 4. The van der Waals surface area contributed by atoms with E-state index in [9.17, 15) is 4.79 Å². The van der Waals surface area contributed by atoms with Gasteiger partial charge in [-0.05, 0) is 44.2 Å². The molecule has 4 nitrogen and oxygen atoms in total. The van der Waals surface area contributed by atoms with Gasteiger partial charge in [-0.1, -0.05) is 0 Å². The number of pyridine rings is 1. The van der Waals surface area contributed by atoms with Crippen molar-refractivity contribution >= 4 is 23.0 Å². The van der Waals surface area contributed by atoms with Crippen LogP contribution in [0.2, 0.25) is 0 Å². The Hall–Kier alpha value is -1.94. The minimum absolute atomic E-state index is 0.143. The van der Waals surface area contributed by atoms with Gasteiger partial charge in [-0.3, -0.25) is 4.79 Å². The van der Waals surface area contributed by atoms with Gasteiger partial charge in [0.15, 0.2) is 0 Å². The molecule has 1 aliphatic rings. The van der Waals surface area contributed by atoms with Gasteiger partial charge in [-0.25, -0.2) is 4.98 Å². The Morgan fingerprint density at radius 1 is 1.30 bits per heavy atom. The molecular weight excluding hydrogens is 252 g/mol. The van der Waals surface area contributed by atoms with Crippen molar-refractivity contribution in [1.82, 2.24) is 4.98 Å². The summed E-state index contributed by atoms with van der Waals surface area (Å²) >= 11 is 0. The standard InChI is InChI=1S/C16H18N2O2/c1-16(2)11-18(7-8-20-16)15-6-4-13-9-12(10-19)3-5-14(13)17-15/h3-6,9-10H,7-8,11H2,1-2H3. The van der Waals surface area contributed by atoms with E-state index in [1.54, 1.807) is 6.07 Å². The van der Waals surface area contributed by atoms with Crippen molar-refractivity contribution in [2.24, 2.45) is 0 Å². The van der Waals surface area contributed by atoms with Crippen molar-refractivity contribution < 1.29 is 9.53 Å². The zero-order valence-electron chi connectivity index (χ0n) is 11.8. The lowest BCUT2D eigenvalue weighted by Crippen LogP contribution is -2.48. The molecule has 0 aliphatic carbocycles. The van der Waals surface area contributed by atoms with Crippen LogP contribution in [0.25, 0.3) is 10.9 Å². The molecule has 2 heterocycles. The molecule has 0 spiro atoms. The number of benzene rings is 1. The fraction of sp³-hybridized carbons (Fsp3) is 0.375. The van der Waals surface area contributed by atoms with Crippen molar-refractivity contribution in [3.05, 3.63) is 35.9 Å². The van der Waals surface area contributed by atoms with Gasteiger partial charge in [0.25, 0.3) is 0 Å². The third-order valence-electron chi connectivity index (χ3n) is 3.58. The van der Waals surface area contributed by atoms with Crippen LogP contribution in [-0.2, 0) is 4.74 Å². The maximum Gasteiger partial charge on any atom is 0.150 e. The zero-order valence-corrected chi connectivity index (χ0v) is 11.8.